The minimum Gasteiger partial charge on any atom is -0.395 e. The molecule has 118 valence electrons. The van der Waals surface area contributed by atoms with Crippen LogP contribution in [0.1, 0.15) is 12.8 Å². The van der Waals surface area contributed by atoms with Crippen molar-refractivity contribution < 1.29 is 5.11 Å². The molecule has 1 aliphatic rings. The van der Waals surface area contributed by atoms with Gasteiger partial charge in [0.1, 0.15) is 0 Å². The number of β-amino-alcohol motifs (C(OH)–C–C–N with tert-alkyl or cyclic N) is 1. The molecule has 1 aromatic carbocycles. The fourth-order valence-corrected chi connectivity index (χ4v) is 2.97. The molecule has 3 rings (SSSR count). The van der Waals surface area contributed by atoms with E-state index < -0.39 is 0 Å². The maximum atomic E-state index is 12.0. The van der Waals surface area contributed by atoms with Gasteiger partial charge in [-0.25, -0.2) is 4.98 Å². The van der Waals surface area contributed by atoms with E-state index in [4.69, 9.17) is 5.11 Å². The quantitative estimate of drug-likeness (QED) is 0.769. The number of likely N-dealkylation sites (tertiary alicyclic amines) is 1. The maximum Gasteiger partial charge on any atom is 0.260 e. The predicted molar refractivity (Wildman–Crippen MR) is 87.1 cm³/mol. The standard InChI is InChI=1S/C16H22N4O2/c21-10-9-20-7-5-12(6-8-20)11-17-16-18-14-4-2-1-3-13(14)15(22)19-16/h1-4,12,21H,5-11H2,(H2,17,18,19,22). The number of hydrogen-bond donors (Lipinski definition) is 3. The second kappa shape index (κ2) is 6.89. The summed E-state index contributed by atoms with van der Waals surface area (Å²) in [5.74, 6) is 1.12. The highest BCUT2D eigenvalue weighted by Gasteiger charge is 2.18. The second-order valence-corrected chi connectivity index (χ2v) is 5.82. The third-order valence-corrected chi connectivity index (χ3v) is 4.29. The number of anilines is 1. The van der Waals surface area contributed by atoms with Gasteiger partial charge in [0.2, 0.25) is 5.95 Å². The molecule has 1 aromatic heterocycles. The number of H-pyrrole nitrogens is 1. The van der Waals surface area contributed by atoms with Gasteiger partial charge in [0.15, 0.2) is 0 Å². The highest BCUT2D eigenvalue weighted by Crippen LogP contribution is 2.17. The van der Waals surface area contributed by atoms with Gasteiger partial charge in [-0.3, -0.25) is 9.78 Å². The Balaban J connectivity index is 1.59. The summed E-state index contributed by atoms with van der Waals surface area (Å²) in [6.45, 7) is 3.85. The summed E-state index contributed by atoms with van der Waals surface area (Å²) in [6, 6.07) is 7.35. The molecule has 0 amide bonds. The molecule has 2 heterocycles. The smallest absolute Gasteiger partial charge is 0.260 e. The molecule has 6 heteroatoms. The Morgan fingerprint density at radius 1 is 1.32 bits per heavy atom. The third kappa shape index (κ3) is 3.45. The van der Waals surface area contributed by atoms with Crippen molar-refractivity contribution in [3.8, 4) is 0 Å². The average Bonchev–Trinajstić information content (AvgIpc) is 2.55. The summed E-state index contributed by atoms with van der Waals surface area (Å²) in [5, 5.41) is 12.8. The number of nitrogens with zero attached hydrogens (tertiary/aromatic N) is 2. The van der Waals surface area contributed by atoms with Crippen molar-refractivity contribution in [2.45, 2.75) is 12.8 Å². The van der Waals surface area contributed by atoms with Gasteiger partial charge < -0.3 is 15.3 Å². The van der Waals surface area contributed by atoms with Gasteiger partial charge in [-0.15, -0.1) is 0 Å². The first-order valence-electron chi connectivity index (χ1n) is 7.82. The lowest BCUT2D eigenvalue weighted by Crippen LogP contribution is -2.37. The Labute approximate surface area is 129 Å². The summed E-state index contributed by atoms with van der Waals surface area (Å²) in [7, 11) is 0. The van der Waals surface area contributed by atoms with E-state index in [2.05, 4.69) is 20.2 Å². The first kappa shape index (κ1) is 15.0. The number of aliphatic hydroxyl groups is 1. The first-order valence-corrected chi connectivity index (χ1v) is 7.82. The largest absolute Gasteiger partial charge is 0.395 e. The van der Waals surface area contributed by atoms with E-state index in [0.717, 1.165) is 39.0 Å². The zero-order valence-electron chi connectivity index (χ0n) is 12.6. The Morgan fingerprint density at radius 2 is 2.09 bits per heavy atom. The molecule has 6 nitrogen and oxygen atoms in total. The second-order valence-electron chi connectivity index (χ2n) is 5.82. The Hall–Kier alpha value is -1.92. The lowest BCUT2D eigenvalue weighted by molar-refractivity contribution is 0.151. The normalized spacial score (nSPS) is 17.0. The summed E-state index contributed by atoms with van der Waals surface area (Å²) in [4.78, 5) is 21.5. The van der Waals surface area contributed by atoms with Crippen LogP contribution in [-0.4, -0.2) is 52.8 Å². The van der Waals surface area contributed by atoms with E-state index in [-0.39, 0.29) is 12.2 Å². The van der Waals surface area contributed by atoms with Crippen molar-refractivity contribution in [1.82, 2.24) is 14.9 Å². The molecular formula is C16H22N4O2. The zero-order chi connectivity index (χ0) is 15.4. The van der Waals surface area contributed by atoms with Gasteiger partial charge in [-0.1, -0.05) is 12.1 Å². The summed E-state index contributed by atoms with van der Waals surface area (Å²) in [5.41, 5.74) is 0.609. The van der Waals surface area contributed by atoms with Crippen molar-refractivity contribution in [3.63, 3.8) is 0 Å². The number of fused-ring (bicyclic) bond motifs is 1. The molecule has 1 aliphatic heterocycles. The van der Waals surface area contributed by atoms with E-state index in [1.165, 1.54) is 0 Å². The van der Waals surface area contributed by atoms with E-state index >= 15 is 0 Å². The molecule has 2 aromatic rings. The number of aromatic nitrogens is 2. The van der Waals surface area contributed by atoms with Crippen molar-refractivity contribution in [2.75, 3.05) is 38.1 Å². The van der Waals surface area contributed by atoms with Crippen LogP contribution in [0.2, 0.25) is 0 Å². The van der Waals surface area contributed by atoms with Gasteiger partial charge >= 0.3 is 0 Å². The van der Waals surface area contributed by atoms with Gasteiger partial charge in [0.25, 0.3) is 5.56 Å². The van der Waals surface area contributed by atoms with Crippen LogP contribution in [0.4, 0.5) is 5.95 Å². The van der Waals surface area contributed by atoms with Gasteiger partial charge in [0, 0.05) is 13.1 Å². The van der Waals surface area contributed by atoms with Crippen LogP contribution in [0.3, 0.4) is 0 Å². The lowest BCUT2D eigenvalue weighted by atomic mass is 9.97. The summed E-state index contributed by atoms with van der Waals surface area (Å²) in [6.07, 6.45) is 2.20. The number of para-hydroxylation sites is 1. The molecule has 22 heavy (non-hydrogen) atoms. The fraction of sp³-hybridized carbons (Fsp3) is 0.500. The number of nitrogens with one attached hydrogen (secondary N) is 2. The van der Waals surface area contributed by atoms with E-state index in [1.54, 1.807) is 6.07 Å². The first-order chi connectivity index (χ1) is 10.8. The number of rotatable bonds is 5. The Bertz CT molecular complexity index is 677. The maximum absolute atomic E-state index is 12.0. The van der Waals surface area contributed by atoms with Crippen LogP contribution in [0.15, 0.2) is 29.1 Å². The molecule has 1 fully saturated rings. The molecule has 0 aliphatic carbocycles. The van der Waals surface area contributed by atoms with Crippen molar-refractivity contribution in [3.05, 3.63) is 34.6 Å². The minimum absolute atomic E-state index is 0.106. The summed E-state index contributed by atoms with van der Waals surface area (Å²) < 4.78 is 0. The van der Waals surface area contributed by atoms with E-state index in [0.29, 0.717) is 22.8 Å². The monoisotopic (exact) mass is 302 g/mol. The van der Waals surface area contributed by atoms with E-state index in [9.17, 15) is 4.79 Å². The van der Waals surface area contributed by atoms with Gasteiger partial charge in [-0.2, -0.15) is 0 Å². The van der Waals surface area contributed by atoms with Crippen LogP contribution < -0.4 is 10.9 Å². The summed E-state index contributed by atoms with van der Waals surface area (Å²) >= 11 is 0. The number of aliphatic hydroxyl groups excluding tert-OH is 1. The van der Waals surface area contributed by atoms with Gasteiger partial charge in [0.05, 0.1) is 17.5 Å². The van der Waals surface area contributed by atoms with Crippen molar-refractivity contribution in [2.24, 2.45) is 5.92 Å². The highest BCUT2D eigenvalue weighted by atomic mass is 16.3. The fourth-order valence-electron chi connectivity index (χ4n) is 2.97. The molecular weight excluding hydrogens is 280 g/mol. The zero-order valence-corrected chi connectivity index (χ0v) is 12.6. The Morgan fingerprint density at radius 3 is 2.86 bits per heavy atom. The van der Waals surface area contributed by atoms with Crippen molar-refractivity contribution in [1.29, 1.82) is 0 Å². The molecule has 0 bridgehead atoms. The SMILES string of the molecule is O=c1[nH]c(NCC2CCN(CCO)CC2)nc2ccccc12. The third-order valence-electron chi connectivity index (χ3n) is 4.29. The molecule has 0 atom stereocenters. The number of hydrogen-bond acceptors (Lipinski definition) is 5. The molecule has 0 radical (unpaired) electrons. The van der Waals surface area contributed by atoms with Crippen LogP contribution in [0.25, 0.3) is 10.9 Å². The molecule has 3 N–H and O–H groups in total. The van der Waals surface area contributed by atoms with Crippen LogP contribution in [0, 0.1) is 5.92 Å². The topological polar surface area (TPSA) is 81.2 Å². The van der Waals surface area contributed by atoms with E-state index in [1.807, 2.05) is 18.2 Å². The molecule has 0 spiro atoms. The predicted octanol–water partition coefficient (Wildman–Crippen LogP) is 1.04. The molecule has 0 saturated carbocycles. The molecule has 1 saturated heterocycles. The lowest BCUT2D eigenvalue weighted by Gasteiger charge is -2.31. The Kier molecular flexibility index (Phi) is 4.70. The average molecular weight is 302 g/mol. The minimum atomic E-state index is -0.106. The van der Waals surface area contributed by atoms with Crippen LogP contribution >= 0.6 is 0 Å². The van der Waals surface area contributed by atoms with Gasteiger partial charge in [-0.05, 0) is 44.0 Å². The van der Waals surface area contributed by atoms with Crippen LogP contribution in [0.5, 0.6) is 0 Å². The number of aromatic amines is 1. The highest BCUT2D eigenvalue weighted by molar-refractivity contribution is 5.78. The van der Waals surface area contributed by atoms with Crippen molar-refractivity contribution >= 4 is 16.9 Å². The number of benzene rings is 1. The van der Waals surface area contributed by atoms with Crippen LogP contribution in [-0.2, 0) is 0 Å². The molecule has 0 unspecified atom stereocenters. The number of piperidine rings is 1.